The van der Waals surface area contributed by atoms with Gasteiger partial charge in [0, 0.05) is 5.56 Å². The van der Waals surface area contributed by atoms with Crippen LogP contribution in [0.2, 0.25) is 0 Å². The van der Waals surface area contributed by atoms with Crippen LogP contribution in [0.25, 0.3) is 10.2 Å². The van der Waals surface area contributed by atoms with Gasteiger partial charge in [-0.25, -0.2) is 4.79 Å². The molecule has 1 atom stereocenters. The number of thiazole rings is 1. The van der Waals surface area contributed by atoms with Crippen LogP contribution in [0.15, 0.2) is 53.5 Å². The summed E-state index contributed by atoms with van der Waals surface area (Å²) in [5.74, 6) is -1.31. The van der Waals surface area contributed by atoms with Crippen LogP contribution < -0.4 is 4.80 Å². The number of hydrogen-bond donors (Lipinski definition) is 1. The molecule has 0 aliphatic heterocycles. The van der Waals surface area contributed by atoms with Crippen molar-refractivity contribution in [2.24, 2.45) is 4.99 Å². The third-order valence-corrected chi connectivity index (χ3v) is 5.05. The average Bonchev–Trinajstić information content (AvgIpc) is 2.94. The molecule has 3 rings (SSSR count). The number of carboxylic acids is 1. The van der Waals surface area contributed by atoms with Crippen molar-refractivity contribution in [1.82, 2.24) is 4.57 Å². The number of nitrogens with zero attached hydrogens (tertiary/aromatic N) is 2. The van der Waals surface area contributed by atoms with Gasteiger partial charge >= 0.3 is 5.97 Å². The lowest BCUT2D eigenvalue weighted by Gasteiger charge is -2.13. The highest BCUT2D eigenvalue weighted by Gasteiger charge is 2.21. The van der Waals surface area contributed by atoms with Crippen LogP contribution in [0, 0.1) is 6.92 Å². The average molecular weight is 354 g/mol. The molecule has 2 aromatic carbocycles. The van der Waals surface area contributed by atoms with E-state index in [1.165, 1.54) is 11.3 Å². The molecule has 3 aromatic rings. The van der Waals surface area contributed by atoms with Crippen LogP contribution in [0.3, 0.4) is 0 Å². The number of benzene rings is 2. The summed E-state index contributed by atoms with van der Waals surface area (Å²) in [4.78, 5) is 28.8. The number of aliphatic carboxylic acids is 1. The fraction of sp³-hybridized carbons (Fsp3) is 0.211. The zero-order chi connectivity index (χ0) is 18.0. The standard InChI is InChI=1S/C19H18N2O3S/c1-3-14(18(23)24)21-15-6-4-5-7-16(15)25-19(21)20-17(22)13-10-8-12(2)9-11-13/h4-11,14H,3H2,1-2H3,(H,23,24). The number of amides is 1. The number of fused-ring (bicyclic) bond motifs is 1. The monoisotopic (exact) mass is 354 g/mol. The smallest absolute Gasteiger partial charge is 0.326 e. The molecular weight excluding hydrogens is 336 g/mol. The second-order valence-electron chi connectivity index (χ2n) is 5.77. The first-order valence-electron chi connectivity index (χ1n) is 8.00. The molecule has 0 saturated carbocycles. The van der Waals surface area contributed by atoms with Crippen molar-refractivity contribution in [1.29, 1.82) is 0 Å². The molecule has 1 unspecified atom stereocenters. The molecule has 1 aromatic heterocycles. The SMILES string of the molecule is CCC(C(=O)O)n1c(=NC(=O)c2ccc(C)cc2)sc2ccccc21. The molecule has 128 valence electrons. The summed E-state index contributed by atoms with van der Waals surface area (Å²) in [7, 11) is 0. The first kappa shape index (κ1) is 17.1. The molecule has 0 radical (unpaired) electrons. The van der Waals surface area contributed by atoms with Crippen molar-refractivity contribution in [2.75, 3.05) is 0 Å². The van der Waals surface area contributed by atoms with Gasteiger partial charge in [-0.15, -0.1) is 0 Å². The second kappa shape index (κ2) is 7.03. The molecule has 1 amide bonds. The second-order valence-corrected chi connectivity index (χ2v) is 6.78. The Balaban J connectivity index is 2.19. The highest BCUT2D eigenvalue weighted by molar-refractivity contribution is 7.16. The number of carbonyl (C=O) groups is 2. The number of aryl methyl sites for hydroxylation is 1. The predicted octanol–water partition coefficient (Wildman–Crippen LogP) is 3.79. The molecule has 0 aliphatic carbocycles. The summed E-state index contributed by atoms with van der Waals surface area (Å²) in [6.07, 6.45) is 0.405. The summed E-state index contributed by atoms with van der Waals surface area (Å²) in [6.45, 7) is 3.76. The zero-order valence-corrected chi connectivity index (χ0v) is 14.8. The molecule has 1 heterocycles. The van der Waals surface area contributed by atoms with Crippen molar-refractivity contribution in [2.45, 2.75) is 26.3 Å². The summed E-state index contributed by atoms with van der Waals surface area (Å²) >= 11 is 1.32. The minimum atomic E-state index is -0.935. The van der Waals surface area contributed by atoms with Gasteiger partial charge in [-0.1, -0.05) is 48.1 Å². The van der Waals surface area contributed by atoms with Crippen molar-refractivity contribution < 1.29 is 14.7 Å². The van der Waals surface area contributed by atoms with Crippen LogP contribution >= 0.6 is 11.3 Å². The maximum Gasteiger partial charge on any atom is 0.326 e. The van der Waals surface area contributed by atoms with Gasteiger partial charge in [0.25, 0.3) is 5.91 Å². The van der Waals surface area contributed by atoms with Crippen LogP contribution in [-0.4, -0.2) is 21.6 Å². The van der Waals surface area contributed by atoms with E-state index in [2.05, 4.69) is 4.99 Å². The van der Waals surface area contributed by atoms with E-state index in [4.69, 9.17) is 0 Å². The lowest BCUT2D eigenvalue weighted by Crippen LogP contribution is -2.27. The van der Waals surface area contributed by atoms with E-state index < -0.39 is 12.0 Å². The van der Waals surface area contributed by atoms with E-state index >= 15 is 0 Å². The van der Waals surface area contributed by atoms with Gasteiger partial charge in [0.2, 0.25) is 0 Å². The Bertz CT molecular complexity index is 999. The van der Waals surface area contributed by atoms with Crippen LogP contribution in [0.5, 0.6) is 0 Å². The Kier molecular flexibility index (Phi) is 4.81. The first-order chi connectivity index (χ1) is 12.0. The van der Waals surface area contributed by atoms with E-state index in [0.29, 0.717) is 16.8 Å². The van der Waals surface area contributed by atoms with Crippen molar-refractivity contribution in [3.05, 3.63) is 64.5 Å². The van der Waals surface area contributed by atoms with Crippen molar-refractivity contribution >= 4 is 33.4 Å². The van der Waals surface area contributed by atoms with E-state index in [-0.39, 0.29) is 5.91 Å². The van der Waals surface area contributed by atoms with Crippen LogP contribution in [0.4, 0.5) is 0 Å². The molecule has 0 saturated heterocycles. The maximum atomic E-state index is 12.5. The summed E-state index contributed by atoms with van der Waals surface area (Å²) < 4.78 is 2.55. The number of hydrogen-bond acceptors (Lipinski definition) is 3. The topological polar surface area (TPSA) is 71.7 Å². The number of carbonyl (C=O) groups excluding carboxylic acids is 1. The number of para-hydroxylation sites is 1. The first-order valence-corrected chi connectivity index (χ1v) is 8.81. The fourth-order valence-corrected chi connectivity index (χ4v) is 3.75. The fourth-order valence-electron chi connectivity index (χ4n) is 2.69. The van der Waals surface area contributed by atoms with Gasteiger partial charge in [0.15, 0.2) is 4.80 Å². The summed E-state index contributed by atoms with van der Waals surface area (Å²) in [5, 5.41) is 9.57. The third kappa shape index (κ3) is 3.39. The van der Waals surface area contributed by atoms with Crippen molar-refractivity contribution in [3.8, 4) is 0 Å². The molecule has 5 nitrogen and oxygen atoms in total. The summed E-state index contributed by atoms with van der Waals surface area (Å²) in [5.41, 5.74) is 2.32. The van der Waals surface area contributed by atoms with Gasteiger partial charge < -0.3 is 9.67 Å². The molecule has 6 heteroatoms. The molecule has 1 N–H and O–H groups in total. The van der Waals surface area contributed by atoms with Gasteiger partial charge in [0.05, 0.1) is 10.2 Å². The highest BCUT2D eigenvalue weighted by atomic mass is 32.1. The molecule has 25 heavy (non-hydrogen) atoms. The predicted molar refractivity (Wildman–Crippen MR) is 97.9 cm³/mol. The van der Waals surface area contributed by atoms with Gasteiger partial charge in [-0.2, -0.15) is 4.99 Å². The molecular formula is C19H18N2O3S. The van der Waals surface area contributed by atoms with E-state index in [0.717, 1.165) is 15.8 Å². The normalized spacial score (nSPS) is 13.1. The minimum Gasteiger partial charge on any atom is -0.480 e. The van der Waals surface area contributed by atoms with E-state index in [1.54, 1.807) is 16.7 Å². The number of carboxylic acid groups (broad SMARTS) is 1. The van der Waals surface area contributed by atoms with Crippen LogP contribution in [0.1, 0.15) is 35.3 Å². The lowest BCUT2D eigenvalue weighted by molar-refractivity contribution is -0.140. The Labute approximate surface area is 148 Å². The third-order valence-electron chi connectivity index (χ3n) is 4.01. The van der Waals surface area contributed by atoms with E-state index in [9.17, 15) is 14.7 Å². The van der Waals surface area contributed by atoms with Crippen LogP contribution in [-0.2, 0) is 4.79 Å². The Morgan fingerprint density at radius 1 is 1.16 bits per heavy atom. The van der Waals surface area contributed by atoms with Gasteiger partial charge in [-0.3, -0.25) is 4.79 Å². The minimum absolute atomic E-state index is 0.374. The number of rotatable bonds is 4. The Hall–Kier alpha value is -2.73. The maximum absolute atomic E-state index is 12.5. The van der Waals surface area contributed by atoms with Gasteiger partial charge in [-0.05, 0) is 37.6 Å². The zero-order valence-electron chi connectivity index (χ0n) is 14.0. The molecule has 0 bridgehead atoms. The molecule has 0 aliphatic rings. The Morgan fingerprint density at radius 3 is 2.48 bits per heavy atom. The van der Waals surface area contributed by atoms with Gasteiger partial charge in [0.1, 0.15) is 6.04 Å². The summed E-state index contributed by atoms with van der Waals surface area (Å²) in [6, 6.07) is 13.9. The lowest BCUT2D eigenvalue weighted by atomic mass is 10.1. The van der Waals surface area contributed by atoms with Crippen molar-refractivity contribution in [3.63, 3.8) is 0 Å². The largest absolute Gasteiger partial charge is 0.480 e. The van der Waals surface area contributed by atoms with E-state index in [1.807, 2.05) is 50.2 Å². The molecule has 0 spiro atoms. The Morgan fingerprint density at radius 2 is 1.84 bits per heavy atom. The number of aromatic nitrogens is 1. The highest BCUT2D eigenvalue weighted by Crippen LogP contribution is 2.22. The molecule has 0 fully saturated rings. The quantitative estimate of drug-likeness (QED) is 0.775.